The zero-order valence-electron chi connectivity index (χ0n) is 12.4. The number of rotatable bonds is 7. The first kappa shape index (κ1) is 15.8. The first-order valence-corrected chi connectivity index (χ1v) is 6.75. The van der Waals surface area contributed by atoms with Crippen molar-refractivity contribution < 1.29 is 19.1 Å². The maximum Gasteiger partial charge on any atom is 0.269 e. The Morgan fingerprint density at radius 1 is 1.09 bits per heavy atom. The van der Waals surface area contributed by atoms with E-state index in [1.54, 1.807) is 32.2 Å². The summed E-state index contributed by atoms with van der Waals surface area (Å²) in [6, 6.07) is 11.7. The molecule has 0 aliphatic heterocycles. The zero-order valence-corrected chi connectivity index (χ0v) is 12.4. The van der Waals surface area contributed by atoms with Gasteiger partial charge in [-0.3, -0.25) is 10.1 Å². The van der Waals surface area contributed by atoms with Crippen LogP contribution in [0.15, 0.2) is 42.5 Å². The number of hydrogen-bond acceptors (Lipinski definition) is 5. The highest BCUT2D eigenvalue weighted by Gasteiger charge is 2.09. The van der Waals surface area contributed by atoms with Gasteiger partial charge in [0.15, 0.2) is 0 Å². The number of benzene rings is 2. The Morgan fingerprint density at radius 2 is 1.86 bits per heavy atom. The average Bonchev–Trinajstić information content (AvgIpc) is 2.50. The van der Waals surface area contributed by atoms with Gasteiger partial charge in [0, 0.05) is 25.3 Å². The Labute approximate surface area is 128 Å². The van der Waals surface area contributed by atoms with Crippen LogP contribution in [0.25, 0.3) is 0 Å². The largest absolute Gasteiger partial charge is 0.491 e. The molecule has 0 heterocycles. The van der Waals surface area contributed by atoms with Gasteiger partial charge in [-0.25, -0.2) is 0 Å². The molecule has 0 spiro atoms. The van der Waals surface area contributed by atoms with Crippen molar-refractivity contribution >= 4 is 5.69 Å². The molecule has 2 aromatic carbocycles. The third kappa shape index (κ3) is 4.20. The lowest BCUT2D eigenvalue weighted by Crippen LogP contribution is -2.04. The van der Waals surface area contributed by atoms with Crippen molar-refractivity contribution in [1.29, 1.82) is 0 Å². The highest BCUT2D eigenvalue weighted by Crippen LogP contribution is 2.29. The molecule has 0 N–H and O–H groups in total. The summed E-state index contributed by atoms with van der Waals surface area (Å²) >= 11 is 0. The zero-order chi connectivity index (χ0) is 15.9. The molecule has 0 radical (unpaired) electrons. The third-order valence-electron chi connectivity index (χ3n) is 2.96. The summed E-state index contributed by atoms with van der Waals surface area (Å²) in [6.45, 7) is 2.73. The lowest BCUT2D eigenvalue weighted by Gasteiger charge is -2.10. The molecule has 0 fully saturated rings. The molecule has 0 bridgehead atoms. The van der Waals surface area contributed by atoms with E-state index in [1.165, 1.54) is 12.1 Å². The van der Waals surface area contributed by atoms with Gasteiger partial charge < -0.3 is 14.2 Å². The molecule has 0 aromatic heterocycles. The van der Waals surface area contributed by atoms with Crippen molar-refractivity contribution in [3.05, 3.63) is 58.1 Å². The van der Waals surface area contributed by atoms with E-state index in [9.17, 15) is 10.1 Å². The first-order valence-electron chi connectivity index (χ1n) is 6.75. The third-order valence-corrected chi connectivity index (χ3v) is 2.96. The fourth-order valence-electron chi connectivity index (χ4n) is 1.86. The first-order chi connectivity index (χ1) is 10.6. The molecule has 0 unspecified atom stereocenters. The van der Waals surface area contributed by atoms with Crippen molar-refractivity contribution in [2.75, 3.05) is 20.3 Å². The smallest absolute Gasteiger partial charge is 0.269 e. The van der Waals surface area contributed by atoms with E-state index in [4.69, 9.17) is 14.2 Å². The average molecular weight is 303 g/mol. The van der Waals surface area contributed by atoms with Crippen molar-refractivity contribution in [3.8, 4) is 17.2 Å². The van der Waals surface area contributed by atoms with Gasteiger partial charge in [0.05, 0.1) is 11.5 Å². The molecular formula is C16H17NO5. The van der Waals surface area contributed by atoms with Gasteiger partial charge in [-0.15, -0.1) is 0 Å². The fourth-order valence-corrected chi connectivity index (χ4v) is 1.86. The Bertz CT molecular complexity index is 657. The number of nitro groups is 1. The summed E-state index contributed by atoms with van der Waals surface area (Å²) in [6.07, 6.45) is 0. The molecule has 116 valence electrons. The van der Waals surface area contributed by atoms with Crippen molar-refractivity contribution in [3.63, 3.8) is 0 Å². The van der Waals surface area contributed by atoms with Gasteiger partial charge in [0.25, 0.3) is 5.69 Å². The van der Waals surface area contributed by atoms with Crippen LogP contribution in [0.1, 0.15) is 5.56 Å². The standard InChI is InChI=1S/C16H17NO5/c1-12-10-13(17(18)19)6-7-16(12)22-15-5-3-4-14(11-15)21-9-8-20-2/h3-7,10-11H,8-9H2,1-2H3. The summed E-state index contributed by atoms with van der Waals surface area (Å²) in [7, 11) is 1.61. The van der Waals surface area contributed by atoms with E-state index in [1.807, 2.05) is 12.1 Å². The van der Waals surface area contributed by atoms with E-state index in [-0.39, 0.29) is 5.69 Å². The van der Waals surface area contributed by atoms with Gasteiger partial charge in [-0.2, -0.15) is 0 Å². The normalized spacial score (nSPS) is 10.3. The second-order valence-electron chi connectivity index (χ2n) is 4.63. The number of methoxy groups -OCH3 is 1. The Kier molecular flexibility index (Phi) is 5.32. The van der Waals surface area contributed by atoms with Crippen molar-refractivity contribution in [1.82, 2.24) is 0 Å². The predicted octanol–water partition coefficient (Wildman–Crippen LogP) is 3.72. The van der Waals surface area contributed by atoms with Crippen LogP contribution in [0.4, 0.5) is 5.69 Å². The van der Waals surface area contributed by atoms with Crippen LogP contribution in [0.2, 0.25) is 0 Å². The van der Waals surface area contributed by atoms with Crippen LogP contribution in [-0.4, -0.2) is 25.2 Å². The summed E-state index contributed by atoms with van der Waals surface area (Å²) in [4.78, 5) is 10.3. The Morgan fingerprint density at radius 3 is 2.55 bits per heavy atom. The molecule has 6 heteroatoms. The number of nitrogens with zero attached hydrogens (tertiary/aromatic N) is 1. The van der Waals surface area contributed by atoms with Crippen LogP contribution in [0, 0.1) is 17.0 Å². The molecule has 0 atom stereocenters. The molecule has 0 saturated carbocycles. The molecule has 0 amide bonds. The van der Waals surface area contributed by atoms with E-state index in [0.29, 0.717) is 36.0 Å². The summed E-state index contributed by atoms with van der Waals surface area (Å²) in [5, 5.41) is 10.7. The quantitative estimate of drug-likeness (QED) is 0.443. The van der Waals surface area contributed by atoms with Crippen LogP contribution in [0.3, 0.4) is 0 Å². The molecule has 0 aliphatic carbocycles. The second kappa shape index (κ2) is 7.42. The minimum Gasteiger partial charge on any atom is -0.491 e. The topological polar surface area (TPSA) is 70.8 Å². The maximum atomic E-state index is 10.7. The monoisotopic (exact) mass is 303 g/mol. The second-order valence-corrected chi connectivity index (χ2v) is 4.63. The van der Waals surface area contributed by atoms with Gasteiger partial charge in [0.2, 0.25) is 0 Å². The van der Waals surface area contributed by atoms with Crippen molar-refractivity contribution in [2.24, 2.45) is 0 Å². The van der Waals surface area contributed by atoms with Gasteiger partial charge in [-0.1, -0.05) is 6.07 Å². The molecule has 22 heavy (non-hydrogen) atoms. The number of non-ortho nitro benzene ring substituents is 1. The van der Waals surface area contributed by atoms with Gasteiger partial charge in [-0.05, 0) is 30.7 Å². The number of ether oxygens (including phenoxy) is 3. The lowest BCUT2D eigenvalue weighted by atomic mass is 10.2. The maximum absolute atomic E-state index is 10.7. The van der Waals surface area contributed by atoms with Crippen LogP contribution in [-0.2, 0) is 4.74 Å². The van der Waals surface area contributed by atoms with E-state index < -0.39 is 4.92 Å². The van der Waals surface area contributed by atoms with Crippen LogP contribution < -0.4 is 9.47 Å². The summed E-state index contributed by atoms with van der Waals surface area (Å²) in [5.74, 6) is 1.85. The minimum atomic E-state index is -0.430. The van der Waals surface area contributed by atoms with Gasteiger partial charge in [0.1, 0.15) is 23.9 Å². The van der Waals surface area contributed by atoms with Crippen LogP contribution >= 0.6 is 0 Å². The minimum absolute atomic E-state index is 0.0431. The Hall–Kier alpha value is -2.60. The number of nitro benzene ring substituents is 1. The predicted molar refractivity (Wildman–Crippen MR) is 81.7 cm³/mol. The van der Waals surface area contributed by atoms with E-state index in [0.717, 1.165) is 0 Å². The fraction of sp³-hybridized carbons (Fsp3) is 0.250. The highest BCUT2D eigenvalue weighted by atomic mass is 16.6. The lowest BCUT2D eigenvalue weighted by molar-refractivity contribution is -0.384. The summed E-state index contributed by atoms with van der Waals surface area (Å²) in [5.41, 5.74) is 0.737. The van der Waals surface area contributed by atoms with Crippen molar-refractivity contribution in [2.45, 2.75) is 6.92 Å². The number of hydrogen-bond donors (Lipinski definition) is 0. The molecule has 2 aromatic rings. The number of aryl methyl sites for hydroxylation is 1. The molecule has 2 rings (SSSR count). The SMILES string of the molecule is COCCOc1cccc(Oc2ccc([N+](=O)[O-])cc2C)c1. The molecule has 6 nitrogen and oxygen atoms in total. The summed E-state index contributed by atoms with van der Waals surface area (Å²) < 4.78 is 16.2. The van der Waals surface area contributed by atoms with E-state index >= 15 is 0 Å². The molecular weight excluding hydrogens is 286 g/mol. The van der Waals surface area contributed by atoms with E-state index in [2.05, 4.69) is 0 Å². The molecule has 0 aliphatic rings. The molecule has 0 saturated heterocycles. The van der Waals surface area contributed by atoms with Gasteiger partial charge >= 0.3 is 0 Å². The van der Waals surface area contributed by atoms with Crippen LogP contribution in [0.5, 0.6) is 17.2 Å². The Balaban J connectivity index is 2.10. The highest BCUT2D eigenvalue weighted by molar-refractivity contribution is 5.45.